The van der Waals surface area contributed by atoms with Crippen molar-refractivity contribution in [2.24, 2.45) is 0 Å². The van der Waals surface area contributed by atoms with E-state index >= 15 is 0 Å². The lowest BCUT2D eigenvalue weighted by Gasteiger charge is -2.24. The average molecular weight is 419 g/mol. The minimum Gasteiger partial charge on any atom is -0.465 e. The molecule has 138 valence electrons. The summed E-state index contributed by atoms with van der Waals surface area (Å²) in [7, 11) is 1.35. The van der Waals surface area contributed by atoms with Crippen LogP contribution in [0.1, 0.15) is 48.2 Å². The molecule has 2 rings (SSSR count). The van der Waals surface area contributed by atoms with Crippen LogP contribution in [-0.4, -0.2) is 24.6 Å². The lowest BCUT2D eigenvalue weighted by Crippen LogP contribution is -2.28. The maximum atomic E-state index is 12.8. The van der Waals surface area contributed by atoms with Gasteiger partial charge in [0.25, 0.3) is 0 Å². The zero-order chi connectivity index (χ0) is 19.3. The Bertz CT molecular complexity index is 793. The number of rotatable bonds is 5. The Labute approximate surface area is 162 Å². The molecule has 0 heterocycles. The molecule has 0 aromatic heterocycles. The number of carbonyl (C=O) groups excluding carboxylic acids is 2. The first-order chi connectivity index (χ1) is 12.2. The molecule has 0 radical (unpaired) electrons. The lowest BCUT2D eigenvalue weighted by atomic mass is 9.91. The first kappa shape index (κ1) is 20.2. The quantitative estimate of drug-likeness (QED) is 0.647. The van der Waals surface area contributed by atoms with Gasteiger partial charge in [0.15, 0.2) is 0 Å². The fourth-order valence-electron chi connectivity index (χ4n) is 2.61. The molecule has 4 nitrogen and oxygen atoms in total. The van der Waals surface area contributed by atoms with Gasteiger partial charge in [0.1, 0.15) is 5.60 Å². The van der Waals surface area contributed by atoms with Gasteiger partial charge in [-0.15, -0.1) is 0 Å². The highest BCUT2D eigenvalue weighted by atomic mass is 79.9. The zero-order valence-electron chi connectivity index (χ0n) is 15.4. The van der Waals surface area contributed by atoms with Gasteiger partial charge < -0.3 is 9.47 Å². The Hall–Kier alpha value is -2.14. The Morgan fingerprint density at radius 2 is 1.77 bits per heavy atom. The highest BCUT2D eigenvalue weighted by molar-refractivity contribution is 9.10. The second kappa shape index (κ2) is 8.49. The van der Waals surface area contributed by atoms with Crippen molar-refractivity contribution in [3.63, 3.8) is 0 Å². The first-order valence-electron chi connectivity index (χ1n) is 8.35. The van der Waals surface area contributed by atoms with E-state index in [1.54, 1.807) is 18.2 Å². The number of methoxy groups -OCH3 is 1. The number of hydrogen-bond acceptors (Lipinski definition) is 4. The van der Waals surface area contributed by atoms with Gasteiger partial charge in [0, 0.05) is 4.47 Å². The molecule has 1 unspecified atom stereocenters. The largest absolute Gasteiger partial charge is 0.465 e. The Morgan fingerprint density at radius 1 is 1.08 bits per heavy atom. The molecule has 5 heteroatoms. The van der Waals surface area contributed by atoms with E-state index in [2.05, 4.69) is 15.9 Å². The normalized spacial score (nSPS) is 12.3. The topological polar surface area (TPSA) is 52.6 Å². The van der Waals surface area contributed by atoms with E-state index in [-0.39, 0.29) is 5.97 Å². The molecule has 0 fully saturated rings. The molecule has 2 aromatic rings. The molecule has 0 saturated carbocycles. The molecule has 2 aromatic carbocycles. The maximum Gasteiger partial charge on any atom is 0.337 e. The van der Waals surface area contributed by atoms with Crippen LogP contribution in [0.4, 0.5) is 0 Å². The van der Waals surface area contributed by atoms with Crippen LogP contribution in [0.2, 0.25) is 0 Å². The molecule has 0 saturated heterocycles. The second-order valence-electron chi connectivity index (χ2n) is 7.04. The monoisotopic (exact) mass is 418 g/mol. The summed E-state index contributed by atoms with van der Waals surface area (Å²) in [4.78, 5) is 24.6. The zero-order valence-corrected chi connectivity index (χ0v) is 17.0. The van der Waals surface area contributed by atoms with E-state index in [9.17, 15) is 9.59 Å². The fourth-order valence-corrected chi connectivity index (χ4v) is 3.03. The molecule has 26 heavy (non-hydrogen) atoms. The van der Waals surface area contributed by atoms with Crippen LogP contribution in [0, 0.1) is 0 Å². The molecule has 0 aliphatic carbocycles. The molecule has 0 N–H and O–H groups in total. The molecular formula is C21H23BrO4. The van der Waals surface area contributed by atoms with Gasteiger partial charge in [-0.1, -0.05) is 40.2 Å². The average Bonchev–Trinajstić information content (AvgIpc) is 2.57. The number of carbonyl (C=O) groups is 2. The van der Waals surface area contributed by atoms with Crippen molar-refractivity contribution in [1.82, 2.24) is 0 Å². The Kier molecular flexibility index (Phi) is 6.59. The van der Waals surface area contributed by atoms with Gasteiger partial charge in [0.05, 0.1) is 18.6 Å². The highest BCUT2D eigenvalue weighted by Crippen LogP contribution is 2.27. The molecule has 1 atom stereocenters. The van der Waals surface area contributed by atoms with Gasteiger partial charge in [-0.3, -0.25) is 4.79 Å². The fraction of sp³-hybridized carbons (Fsp3) is 0.333. The minimum absolute atomic E-state index is 0.293. The Balaban J connectivity index is 2.35. The summed E-state index contributed by atoms with van der Waals surface area (Å²) in [6, 6.07) is 14.7. The lowest BCUT2D eigenvalue weighted by molar-refractivity contribution is -0.156. The van der Waals surface area contributed by atoms with Crippen molar-refractivity contribution >= 4 is 27.9 Å². The number of halogens is 1. The third kappa shape index (κ3) is 5.70. The van der Waals surface area contributed by atoms with Gasteiger partial charge >= 0.3 is 11.9 Å². The van der Waals surface area contributed by atoms with Crippen LogP contribution in [-0.2, 0) is 20.7 Å². The van der Waals surface area contributed by atoms with E-state index in [4.69, 9.17) is 9.47 Å². The molecule has 0 spiro atoms. The maximum absolute atomic E-state index is 12.8. The van der Waals surface area contributed by atoms with Crippen LogP contribution < -0.4 is 0 Å². The standard InChI is InChI=1S/C21H23BrO4/c1-21(2,3)26-20(24)18(15-8-6-10-17(22)13-15)12-14-7-5-9-16(11-14)19(23)25-4/h5-11,13,18H,12H2,1-4H3. The molecule has 0 aliphatic rings. The first-order valence-corrected chi connectivity index (χ1v) is 9.14. The molecule has 0 bridgehead atoms. The summed E-state index contributed by atoms with van der Waals surface area (Å²) in [6.07, 6.45) is 0.427. The molecule has 0 amide bonds. The van der Waals surface area contributed by atoms with Crippen molar-refractivity contribution < 1.29 is 19.1 Å². The van der Waals surface area contributed by atoms with Crippen molar-refractivity contribution in [1.29, 1.82) is 0 Å². The predicted molar refractivity (Wildman–Crippen MR) is 104 cm³/mol. The van der Waals surface area contributed by atoms with Crippen molar-refractivity contribution in [2.45, 2.75) is 38.7 Å². The third-order valence-electron chi connectivity index (χ3n) is 3.73. The summed E-state index contributed by atoms with van der Waals surface area (Å²) >= 11 is 3.45. The van der Waals surface area contributed by atoms with Gasteiger partial charge in [-0.2, -0.15) is 0 Å². The number of esters is 2. The van der Waals surface area contributed by atoms with Crippen LogP contribution in [0.5, 0.6) is 0 Å². The van der Waals surface area contributed by atoms with E-state index in [0.29, 0.717) is 12.0 Å². The highest BCUT2D eigenvalue weighted by Gasteiger charge is 2.27. The summed E-state index contributed by atoms with van der Waals surface area (Å²) in [5.41, 5.74) is 1.61. The summed E-state index contributed by atoms with van der Waals surface area (Å²) < 4.78 is 11.3. The molecule has 0 aliphatic heterocycles. The van der Waals surface area contributed by atoms with Gasteiger partial charge in [-0.05, 0) is 62.6 Å². The predicted octanol–water partition coefficient (Wildman–Crippen LogP) is 4.90. The minimum atomic E-state index is -0.574. The number of ether oxygens (including phenoxy) is 2. The Morgan fingerprint density at radius 3 is 2.38 bits per heavy atom. The van der Waals surface area contributed by atoms with Crippen molar-refractivity contribution in [2.75, 3.05) is 7.11 Å². The third-order valence-corrected chi connectivity index (χ3v) is 4.22. The van der Waals surface area contributed by atoms with E-state index in [1.165, 1.54) is 7.11 Å². The molecular weight excluding hydrogens is 396 g/mol. The summed E-state index contributed by atoms with van der Waals surface area (Å²) in [5, 5.41) is 0. The van der Waals surface area contributed by atoms with E-state index < -0.39 is 17.5 Å². The summed E-state index contributed by atoms with van der Waals surface area (Å²) in [6.45, 7) is 5.54. The smallest absolute Gasteiger partial charge is 0.337 e. The van der Waals surface area contributed by atoms with Crippen LogP contribution in [0.25, 0.3) is 0 Å². The van der Waals surface area contributed by atoms with Crippen molar-refractivity contribution in [3.05, 3.63) is 69.7 Å². The second-order valence-corrected chi connectivity index (χ2v) is 7.95. The van der Waals surface area contributed by atoms with Crippen molar-refractivity contribution in [3.8, 4) is 0 Å². The number of benzene rings is 2. The SMILES string of the molecule is COC(=O)c1cccc(CC(C(=O)OC(C)(C)C)c2cccc(Br)c2)c1. The van der Waals surface area contributed by atoms with Gasteiger partial charge in [0.2, 0.25) is 0 Å². The van der Waals surface area contributed by atoms with Gasteiger partial charge in [-0.25, -0.2) is 4.79 Å². The van der Waals surface area contributed by atoms with Crippen LogP contribution >= 0.6 is 15.9 Å². The van der Waals surface area contributed by atoms with E-state index in [1.807, 2.05) is 51.1 Å². The van der Waals surface area contributed by atoms with E-state index in [0.717, 1.165) is 15.6 Å². The van der Waals surface area contributed by atoms with Crippen LogP contribution in [0.15, 0.2) is 53.0 Å². The van der Waals surface area contributed by atoms with Crippen LogP contribution in [0.3, 0.4) is 0 Å². The summed E-state index contributed by atoms with van der Waals surface area (Å²) in [5.74, 6) is -1.16. The number of hydrogen-bond donors (Lipinski definition) is 0.